The number of ketones is 1. The average Bonchev–Trinajstić information content (AvgIpc) is 3.04. The molecule has 1 unspecified atom stereocenters. The van der Waals surface area contributed by atoms with E-state index in [0.29, 0.717) is 23.4 Å². The molecule has 4 heteroatoms. The normalized spacial score (nSPS) is 21.4. The SMILES string of the molecule is O=C1C=CC2=[N+]([O-])C(Cc3ccccc3)(c3ccccc3)C(=Nc3ccccc3)C2=C1. The van der Waals surface area contributed by atoms with Crippen molar-refractivity contribution in [2.24, 2.45) is 4.99 Å². The molecule has 1 aliphatic carbocycles. The Hall–Kier alpha value is -4.05. The quantitative estimate of drug-likeness (QED) is 0.352. The molecule has 0 amide bonds. The van der Waals surface area contributed by atoms with Gasteiger partial charge in [-0.05, 0) is 23.8 Å². The van der Waals surface area contributed by atoms with Crippen LogP contribution < -0.4 is 0 Å². The van der Waals surface area contributed by atoms with E-state index in [0.717, 1.165) is 21.6 Å². The van der Waals surface area contributed by atoms with Crippen molar-refractivity contribution in [1.82, 2.24) is 0 Å². The van der Waals surface area contributed by atoms with Crippen LogP contribution in [0.5, 0.6) is 0 Å². The predicted octanol–water partition coefficient (Wildman–Crippen LogP) is 4.93. The predicted molar refractivity (Wildman–Crippen MR) is 123 cm³/mol. The van der Waals surface area contributed by atoms with Crippen LogP contribution in [0.1, 0.15) is 11.1 Å². The molecule has 5 rings (SSSR count). The van der Waals surface area contributed by atoms with Crippen LogP contribution >= 0.6 is 0 Å². The minimum Gasteiger partial charge on any atom is -0.622 e. The Morgan fingerprint density at radius 3 is 2.10 bits per heavy atom. The van der Waals surface area contributed by atoms with E-state index in [1.807, 2.05) is 91.0 Å². The molecule has 0 radical (unpaired) electrons. The van der Waals surface area contributed by atoms with E-state index in [2.05, 4.69) is 0 Å². The fourth-order valence-corrected chi connectivity index (χ4v) is 4.31. The molecule has 0 saturated carbocycles. The van der Waals surface area contributed by atoms with Crippen molar-refractivity contribution in [2.75, 3.05) is 0 Å². The molecular formula is C27H20N2O2. The molecule has 0 spiro atoms. The zero-order chi connectivity index (χ0) is 21.3. The fourth-order valence-electron chi connectivity index (χ4n) is 4.31. The molecule has 0 saturated heterocycles. The highest BCUT2D eigenvalue weighted by Crippen LogP contribution is 2.41. The lowest BCUT2D eigenvalue weighted by Gasteiger charge is -2.29. The summed E-state index contributed by atoms with van der Waals surface area (Å²) < 4.78 is 1.03. The van der Waals surface area contributed by atoms with Crippen molar-refractivity contribution in [1.29, 1.82) is 0 Å². The van der Waals surface area contributed by atoms with Crippen molar-refractivity contribution >= 4 is 22.9 Å². The lowest BCUT2D eigenvalue weighted by molar-refractivity contribution is -0.529. The van der Waals surface area contributed by atoms with Gasteiger partial charge in [0.05, 0.1) is 11.3 Å². The number of nitrogens with zero attached hydrogens (tertiary/aromatic N) is 2. The number of carbonyl (C=O) groups is 1. The number of rotatable bonds is 4. The van der Waals surface area contributed by atoms with Gasteiger partial charge in [0.2, 0.25) is 11.3 Å². The number of benzene rings is 3. The van der Waals surface area contributed by atoms with Gasteiger partial charge in [-0.2, -0.15) is 4.74 Å². The molecule has 3 aromatic rings. The number of para-hydroxylation sites is 1. The van der Waals surface area contributed by atoms with E-state index in [1.165, 1.54) is 12.2 Å². The summed E-state index contributed by atoms with van der Waals surface area (Å²) in [6.45, 7) is 0. The van der Waals surface area contributed by atoms with Gasteiger partial charge >= 0.3 is 0 Å². The number of fused-ring (bicyclic) bond motifs is 1. The Bertz CT molecular complexity index is 1260. The van der Waals surface area contributed by atoms with Gasteiger partial charge in [0.25, 0.3) is 0 Å². The van der Waals surface area contributed by atoms with Crippen molar-refractivity contribution in [2.45, 2.75) is 12.0 Å². The molecule has 0 bridgehead atoms. The van der Waals surface area contributed by atoms with Crippen LogP contribution in [0, 0.1) is 5.21 Å². The second-order valence-corrected chi connectivity index (χ2v) is 7.66. The van der Waals surface area contributed by atoms with Crippen LogP contribution in [0.25, 0.3) is 0 Å². The van der Waals surface area contributed by atoms with E-state index in [-0.39, 0.29) is 5.78 Å². The standard InChI is InChI=1S/C27H20N2O2/c30-23-16-17-25-24(18-23)26(28-22-14-8-3-9-15-22)27(29(25)31,21-12-6-2-7-13-21)19-20-10-4-1-5-11-20/h1-18H,19H2. The van der Waals surface area contributed by atoms with Crippen LogP contribution in [-0.2, 0) is 16.8 Å². The van der Waals surface area contributed by atoms with Crippen LogP contribution in [-0.4, -0.2) is 21.9 Å². The topological polar surface area (TPSA) is 55.5 Å². The first-order valence-corrected chi connectivity index (χ1v) is 10.2. The van der Waals surface area contributed by atoms with Gasteiger partial charge in [0.1, 0.15) is 5.71 Å². The zero-order valence-electron chi connectivity index (χ0n) is 16.8. The first kappa shape index (κ1) is 18.9. The van der Waals surface area contributed by atoms with Crippen LogP contribution in [0.15, 0.2) is 120 Å². The van der Waals surface area contributed by atoms with Crippen LogP contribution in [0.4, 0.5) is 5.69 Å². The molecule has 1 heterocycles. The monoisotopic (exact) mass is 404 g/mol. The van der Waals surface area contributed by atoms with Gasteiger partial charge in [0, 0.05) is 24.1 Å². The van der Waals surface area contributed by atoms with Gasteiger partial charge < -0.3 is 5.21 Å². The number of carbonyl (C=O) groups excluding carboxylic acids is 1. The number of hydrogen-bond donors (Lipinski definition) is 0. The van der Waals surface area contributed by atoms with Crippen molar-refractivity contribution in [3.63, 3.8) is 0 Å². The van der Waals surface area contributed by atoms with Crippen molar-refractivity contribution < 1.29 is 9.53 Å². The maximum absolute atomic E-state index is 14.0. The van der Waals surface area contributed by atoms with Gasteiger partial charge in [-0.15, -0.1) is 0 Å². The maximum Gasteiger partial charge on any atom is 0.245 e. The van der Waals surface area contributed by atoms with Crippen molar-refractivity contribution in [3.8, 4) is 0 Å². The first-order chi connectivity index (χ1) is 15.2. The Morgan fingerprint density at radius 1 is 0.806 bits per heavy atom. The van der Waals surface area contributed by atoms with E-state index in [4.69, 9.17) is 4.99 Å². The Balaban J connectivity index is 1.82. The third kappa shape index (κ3) is 3.22. The third-order valence-electron chi connectivity index (χ3n) is 5.73. The van der Waals surface area contributed by atoms with Gasteiger partial charge in [-0.1, -0.05) is 78.9 Å². The molecule has 2 aliphatic rings. The lowest BCUT2D eigenvalue weighted by atomic mass is 9.78. The van der Waals surface area contributed by atoms with Crippen molar-refractivity contribution in [3.05, 3.63) is 131 Å². The van der Waals surface area contributed by atoms with Gasteiger partial charge in [0.15, 0.2) is 5.78 Å². The maximum atomic E-state index is 14.0. The molecule has 0 N–H and O–H groups in total. The zero-order valence-corrected chi connectivity index (χ0v) is 16.8. The summed E-state index contributed by atoms with van der Waals surface area (Å²) in [6.07, 6.45) is 5.00. The molecule has 0 aromatic heterocycles. The number of allylic oxidation sites excluding steroid dienone is 3. The lowest BCUT2D eigenvalue weighted by Crippen LogP contribution is -2.42. The average molecular weight is 404 g/mol. The number of aliphatic imine (C=N–C) groups is 1. The smallest absolute Gasteiger partial charge is 0.245 e. The van der Waals surface area contributed by atoms with Crippen LogP contribution in [0.3, 0.4) is 0 Å². The molecule has 1 atom stereocenters. The molecule has 150 valence electrons. The molecule has 1 aliphatic heterocycles. The first-order valence-electron chi connectivity index (χ1n) is 10.2. The summed E-state index contributed by atoms with van der Waals surface area (Å²) in [5, 5.41) is 14.0. The second-order valence-electron chi connectivity index (χ2n) is 7.66. The highest BCUT2D eigenvalue weighted by atomic mass is 16.5. The van der Waals surface area contributed by atoms with Gasteiger partial charge in [-0.3, -0.25) is 4.79 Å². The third-order valence-corrected chi connectivity index (χ3v) is 5.73. The molecular weight excluding hydrogens is 384 g/mol. The fraction of sp³-hybridized carbons (Fsp3) is 0.0741. The summed E-state index contributed by atoms with van der Waals surface area (Å²) >= 11 is 0. The Morgan fingerprint density at radius 2 is 1.42 bits per heavy atom. The van der Waals surface area contributed by atoms with E-state index in [1.54, 1.807) is 6.08 Å². The second kappa shape index (κ2) is 7.65. The minimum atomic E-state index is -1.09. The van der Waals surface area contributed by atoms with Crippen LogP contribution in [0.2, 0.25) is 0 Å². The minimum absolute atomic E-state index is 0.142. The summed E-state index contributed by atoms with van der Waals surface area (Å²) in [7, 11) is 0. The van der Waals surface area contributed by atoms with E-state index in [9.17, 15) is 10.0 Å². The summed E-state index contributed by atoms with van der Waals surface area (Å²) in [5.41, 5.74) is 3.16. The molecule has 4 nitrogen and oxygen atoms in total. The summed E-state index contributed by atoms with van der Waals surface area (Å²) in [4.78, 5) is 17.2. The van der Waals surface area contributed by atoms with E-state index >= 15 is 0 Å². The highest BCUT2D eigenvalue weighted by Gasteiger charge is 2.55. The molecule has 31 heavy (non-hydrogen) atoms. The Labute approximate surface area is 180 Å². The summed E-state index contributed by atoms with van der Waals surface area (Å²) in [5.74, 6) is -0.142. The molecule has 0 fully saturated rings. The number of hydroxylamine groups is 1. The number of hydrogen-bond acceptors (Lipinski definition) is 3. The Kier molecular flexibility index (Phi) is 4.68. The molecule has 3 aromatic carbocycles. The summed E-state index contributed by atoms with van der Waals surface area (Å²) in [6, 6.07) is 29.2. The largest absolute Gasteiger partial charge is 0.622 e. The van der Waals surface area contributed by atoms with E-state index < -0.39 is 5.54 Å². The highest BCUT2D eigenvalue weighted by molar-refractivity contribution is 6.36. The van der Waals surface area contributed by atoms with Gasteiger partial charge in [-0.25, -0.2) is 4.99 Å².